The molecular formula is C18H22ClN3O2. The van der Waals surface area contributed by atoms with Crippen molar-refractivity contribution in [1.29, 1.82) is 0 Å². The summed E-state index contributed by atoms with van der Waals surface area (Å²) < 4.78 is 4.95. The van der Waals surface area contributed by atoms with Gasteiger partial charge in [-0.15, -0.1) is 0 Å². The number of halogens is 1. The fourth-order valence-corrected chi connectivity index (χ4v) is 2.61. The van der Waals surface area contributed by atoms with Crippen LogP contribution in [-0.2, 0) is 4.74 Å². The molecule has 24 heavy (non-hydrogen) atoms. The zero-order valence-corrected chi connectivity index (χ0v) is 14.9. The predicted molar refractivity (Wildman–Crippen MR) is 96.6 cm³/mol. The first-order chi connectivity index (χ1) is 11.5. The summed E-state index contributed by atoms with van der Waals surface area (Å²) in [6.45, 7) is 2.76. The Morgan fingerprint density at radius 1 is 1.29 bits per heavy atom. The molecule has 1 heterocycles. The minimum atomic E-state index is -0.362. The van der Waals surface area contributed by atoms with E-state index in [0.29, 0.717) is 24.5 Å². The largest absolute Gasteiger partial charge is 0.462 e. The van der Waals surface area contributed by atoms with E-state index in [0.717, 1.165) is 10.6 Å². The van der Waals surface area contributed by atoms with Crippen molar-refractivity contribution in [3.05, 3.63) is 58.7 Å². The van der Waals surface area contributed by atoms with Crippen LogP contribution < -0.4 is 5.32 Å². The van der Waals surface area contributed by atoms with Gasteiger partial charge in [0, 0.05) is 17.8 Å². The van der Waals surface area contributed by atoms with Crippen LogP contribution in [0.15, 0.2) is 42.6 Å². The van der Waals surface area contributed by atoms with Crippen molar-refractivity contribution in [3.8, 4) is 0 Å². The summed E-state index contributed by atoms with van der Waals surface area (Å²) in [4.78, 5) is 18.0. The van der Waals surface area contributed by atoms with E-state index in [4.69, 9.17) is 16.3 Å². The lowest BCUT2D eigenvalue weighted by Gasteiger charge is -2.26. The number of pyridine rings is 1. The standard InChI is InChI=1S/C18H22ClN3O2/c1-4-24-18(23)13-9-10-17(20-11-13)21-12-16(22(2)3)14-7-5-6-8-15(14)19/h5-11,16H,4,12H2,1-3H3,(H,20,21)/t16-/m1/s1. The van der Waals surface area contributed by atoms with Gasteiger partial charge in [-0.2, -0.15) is 0 Å². The van der Waals surface area contributed by atoms with Crippen LogP contribution >= 0.6 is 11.6 Å². The number of aromatic nitrogens is 1. The number of likely N-dealkylation sites (N-methyl/N-ethyl adjacent to an activating group) is 1. The molecule has 0 amide bonds. The number of benzene rings is 1. The molecular weight excluding hydrogens is 326 g/mol. The molecule has 0 spiro atoms. The highest BCUT2D eigenvalue weighted by atomic mass is 35.5. The second-order valence-corrected chi connectivity index (χ2v) is 5.94. The van der Waals surface area contributed by atoms with Crippen molar-refractivity contribution in [2.75, 3.05) is 32.6 Å². The molecule has 0 unspecified atom stereocenters. The number of rotatable bonds is 7. The monoisotopic (exact) mass is 347 g/mol. The Morgan fingerprint density at radius 2 is 2.04 bits per heavy atom. The molecule has 1 N–H and O–H groups in total. The molecule has 0 aliphatic heterocycles. The number of carbonyl (C=O) groups is 1. The van der Waals surface area contributed by atoms with Crippen LogP contribution in [0.4, 0.5) is 5.82 Å². The van der Waals surface area contributed by atoms with Crippen LogP contribution in [0, 0.1) is 0 Å². The van der Waals surface area contributed by atoms with Gasteiger partial charge in [-0.25, -0.2) is 9.78 Å². The molecule has 1 aromatic heterocycles. The number of esters is 1. The summed E-state index contributed by atoms with van der Waals surface area (Å²) in [5.74, 6) is 0.334. The fourth-order valence-electron chi connectivity index (χ4n) is 2.35. The van der Waals surface area contributed by atoms with E-state index in [1.807, 2.05) is 38.4 Å². The zero-order chi connectivity index (χ0) is 17.5. The second-order valence-electron chi connectivity index (χ2n) is 5.53. The average molecular weight is 348 g/mol. The number of anilines is 1. The van der Waals surface area contributed by atoms with Gasteiger partial charge in [0.05, 0.1) is 18.2 Å². The number of nitrogens with zero attached hydrogens (tertiary/aromatic N) is 2. The molecule has 0 saturated heterocycles. The molecule has 0 fully saturated rings. The highest BCUT2D eigenvalue weighted by Gasteiger charge is 2.17. The van der Waals surface area contributed by atoms with Crippen molar-refractivity contribution in [2.45, 2.75) is 13.0 Å². The van der Waals surface area contributed by atoms with Gasteiger partial charge in [0.1, 0.15) is 5.82 Å². The number of hydrogen-bond acceptors (Lipinski definition) is 5. The molecule has 0 radical (unpaired) electrons. The van der Waals surface area contributed by atoms with Crippen molar-refractivity contribution >= 4 is 23.4 Å². The Morgan fingerprint density at radius 3 is 2.62 bits per heavy atom. The lowest BCUT2D eigenvalue weighted by Crippen LogP contribution is -2.27. The first-order valence-corrected chi connectivity index (χ1v) is 8.18. The molecule has 1 aromatic carbocycles. The highest BCUT2D eigenvalue weighted by Crippen LogP contribution is 2.26. The molecule has 5 nitrogen and oxygen atoms in total. The van der Waals surface area contributed by atoms with Crippen LogP contribution in [0.25, 0.3) is 0 Å². The Hall–Kier alpha value is -2.11. The number of carbonyl (C=O) groups excluding carboxylic acids is 1. The maximum atomic E-state index is 11.6. The molecule has 0 aliphatic carbocycles. The molecule has 6 heteroatoms. The van der Waals surface area contributed by atoms with E-state index >= 15 is 0 Å². The minimum absolute atomic E-state index is 0.102. The number of nitrogens with one attached hydrogen (secondary N) is 1. The summed E-state index contributed by atoms with van der Waals surface area (Å²) in [7, 11) is 4.01. The van der Waals surface area contributed by atoms with Crippen molar-refractivity contribution in [2.24, 2.45) is 0 Å². The molecule has 1 atom stereocenters. The molecule has 2 aromatic rings. The fraction of sp³-hybridized carbons (Fsp3) is 0.333. The summed E-state index contributed by atoms with van der Waals surface area (Å²) in [6, 6.07) is 11.4. The third kappa shape index (κ3) is 4.69. The molecule has 0 aliphatic rings. The lowest BCUT2D eigenvalue weighted by atomic mass is 10.1. The van der Waals surface area contributed by atoms with Gasteiger partial charge in [0.2, 0.25) is 0 Å². The average Bonchev–Trinajstić information content (AvgIpc) is 2.57. The molecule has 2 rings (SSSR count). The van der Waals surface area contributed by atoms with Gasteiger partial charge in [0.15, 0.2) is 0 Å². The Balaban J connectivity index is 2.05. The van der Waals surface area contributed by atoms with Crippen LogP contribution in [0.5, 0.6) is 0 Å². The highest BCUT2D eigenvalue weighted by molar-refractivity contribution is 6.31. The van der Waals surface area contributed by atoms with E-state index < -0.39 is 0 Å². The van der Waals surface area contributed by atoms with Crippen LogP contribution in [0.2, 0.25) is 5.02 Å². The topological polar surface area (TPSA) is 54.5 Å². The predicted octanol–water partition coefficient (Wildman–Crippen LogP) is 3.63. The third-order valence-electron chi connectivity index (χ3n) is 3.64. The maximum Gasteiger partial charge on any atom is 0.339 e. The van der Waals surface area contributed by atoms with Gasteiger partial charge >= 0.3 is 5.97 Å². The lowest BCUT2D eigenvalue weighted by molar-refractivity contribution is 0.0526. The zero-order valence-electron chi connectivity index (χ0n) is 14.1. The van der Waals surface area contributed by atoms with Crippen molar-refractivity contribution in [1.82, 2.24) is 9.88 Å². The first-order valence-electron chi connectivity index (χ1n) is 7.80. The Labute approximate surface area is 147 Å². The smallest absolute Gasteiger partial charge is 0.339 e. The van der Waals surface area contributed by atoms with E-state index in [9.17, 15) is 4.79 Å². The number of ether oxygens (including phenoxy) is 1. The van der Waals surface area contributed by atoms with Gasteiger partial charge in [-0.05, 0) is 44.8 Å². The van der Waals surface area contributed by atoms with Crippen LogP contribution in [-0.4, -0.2) is 43.1 Å². The van der Waals surface area contributed by atoms with E-state index in [-0.39, 0.29) is 12.0 Å². The summed E-state index contributed by atoms with van der Waals surface area (Å²) in [5.41, 5.74) is 1.50. The summed E-state index contributed by atoms with van der Waals surface area (Å²) in [5, 5.41) is 4.03. The van der Waals surface area contributed by atoms with E-state index in [2.05, 4.69) is 15.2 Å². The summed E-state index contributed by atoms with van der Waals surface area (Å²) in [6.07, 6.45) is 1.51. The van der Waals surface area contributed by atoms with Crippen LogP contribution in [0.1, 0.15) is 28.9 Å². The number of hydrogen-bond donors (Lipinski definition) is 1. The van der Waals surface area contributed by atoms with Crippen molar-refractivity contribution in [3.63, 3.8) is 0 Å². The summed E-state index contributed by atoms with van der Waals surface area (Å²) >= 11 is 6.31. The maximum absolute atomic E-state index is 11.6. The van der Waals surface area contributed by atoms with Gasteiger partial charge in [0.25, 0.3) is 0 Å². The van der Waals surface area contributed by atoms with Gasteiger partial charge in [-0.1, -0.05) is 29.8 Å². The third-order valence-corrected chi connectivity index (χ3v) is 3.98. The second kappa shape index (κ2) is 8.66. The first kappa shape index (κ1) is 18.2. The normalized spacial score (nSPS) is 12.0. The van der Waals surface area contributed by atoms with E-state index in [1.165, 1.54) is 6.20 Å². The van der Waals surface area contributed by atoms with E-state index in [1.54, 1.807) is 19.1 Å². The quantitative estimate of drug-likeness (QED) is 0.775. The van der Waals surface area contributed by atoms with Crippen molar-refractivity contribution < 1.29 is 9.53 Å². The minimum Gasteiger partial charge on any atom is -0.462 e. The van der Waals surface area contributed by atoms with Gasteiger partial charge < -0.3 is 15.0 Å². The Kier molecular flexibility index (Phi) is 6.58. The molecule has 0 bridgehead atoms. The van der Waals surface area contributed by atoms with Gasteiger partial charge in [-0.3, -0.25) is 0 Å². The van der Waals surface area contributed by atoms with Crippen LogP contribution in [0.3, 0.4) is 0 Å². The molecule has 0 saturated carbocycles. The SMILES string of the molecule is CCOC(=O)c1ccc(NC[C@H](c2ccccc2Cl)N(C)C)nc1. The Bertz CT molecular complexity index is 674. The molecule has 128 valence electrons.